The fourth-order valence-corrected chi connectivity index (χ4v) is 1.26. The molecule has 0 aromatic carbocycles. The van der Waals surface area contributed by atoms with E-state index < -0.39 is 0 Å². The first-order chi connectivity index (χ1) is 7.47. The van der Waals surface area contributed by atoms with E-state index in [-0.39, 0.29) is 11.9 Å². The van der Waals surface area contributed by atoms with E-state index in [1.54, 1.807) is 11.8 Å². The lowest BCUT2D eigenvalue weighted by Crippen LogP contribution is -2.36. The van der Waals surface area contributed by atoms with E-state index in [0.29, 0.717) is 25.9 Å². The summed E-state index contributed by atoms with van der Waals surface area (Å²) in [6.45, 7) is 3.69. The van der Waals surface area contributed by atoms with E-state index >= 15 is 0 Å². The Morgan fingerprint density at radius 2 is 1.75 bits per heavy atom. The molecule has 0 rings (SSSR count). The van der Waals surface area contributed by atoms with Gasteiger partial charge in [-0.15, -0.1) is 0 Å². The second-order valence-corrected chi connectivity index (χ2v) is 3.99. The summed E-state index contributed by atoms with van der Waals surface area (Å²) in [5.74, 6) is -0.178. The second kappa shape index (κ2) is 8.10. The second-order valence-electron chi connectivity index (χ2n) is 3.99. The van der Waals surface area contributed by atoms with Crippen LogP contribution in [0.15, 0.2) is 0 Å². The van der Waals surface area contributed by atoms with Gasteiger partial charge in [0.2, 0.25) is 5.91 Å². The molecule has 0 radical (unpaired) electrons. The molecule has 0 saturated heterocycles. The maximum Gasteiger partial charge on any atom is 0.305 e. The minimum absolute atomic E-state index is 0.0479. The van der Waals surface area contributed by atoms with Crippen molar-refractivity contribution in [2.45, 2.75) is 19.8 Å². The molecule has 0 aliphatic heterocycles. The highest BCUT2D eigenvalue weighted by Gasteiger charge is 2.09. The van der Waals surface area contributed by atoms with Crippen molar-refractivity contribution in [3.05, 3.63) is 0 Å². The maximum atomic E-state index is 11.3. The Labute approximate surface area is 97.3 Å². The van der Waals surface area contributed by atoms with Crippen molar-refractivity contribution in [3.63, 3.8) is 0 Å². The number of ether oxygens (including phenoxy) is 1. The van der Waals surface area contributed by atoms with Crippen molar-refractivity contribution in [3.8, 4) is 0 Å². The van der Waals surface area contributed by atoms with Crippen LogP contribution in [0.3, 0.4) is 0 Å². The van der Waals surface area contributed by atoms with Gasteiger partial charge in [0.1, 0.15) is 0 Å². The Morgan fingerprint density at radius 1 is 1.12 bits per heavy atom. The van der Waals surface area contributed by atoms with Crippen LogP contribution in [0.4, 0.5) is 0 Å². The van der Waals surface area contributed by atoms with Crippen LogP contribution in [-0.4, -0.2) is 62.5 Å². The van der Waals surface area contributed by atoms with Crippen molar-refractivity contribution >= 4 is 11.9 Å². The number of methoxy groups -OCH3 is 1. The molecule has 0 spiro atoms. The molecule has 0 aromatic rings. The third kappa shape index (κ3) is 7.23. The molecular weight excluding hydrogens is 208 g/mol. The number of hydrogen-bond donors (Lipinski definition) is 0. The lowest BCUT2D eigenvalue weighted by Gasteiger charge is -2.22. The minimum Gasteiger partial charge on any atom is -0.469 e. The van der Waals surface area contributed by atoms with Crippen LogP contribution in [0.5, 0.6) is 0 Å². The van der Waals surface area contributed by atoms with Crippen molar-refractivity contribution < 1.29 is 14.3 Å². The Morgan fingerprint density at radius 3 is 2.19 bits per heavy atom. The summed E-state index contributed by atoms with van der Waals surface area (Å²) in [7, 11) is 5.30. The molecule has 0 unspecified atom stereocenters. The van der Waals surface area contributed by atoms with Crippen LogP contribution in [0.25, 0.3) is 0 Å². The first kappa shape index (κ1) is 14.9. The molecule has 1 amide bonds. The van der Waals surface area contributed by atoms with Crippen LogP contribution in [0.1, 0.15) is 19.8 Å². The molecule has 0 aliphatic rings. The Balaban J connectivity index is 3.85. The molecule has 16 heavy (non-hydrogen) atoms. The molecule has 0 saturated carbocycles. The summed E-state index contributed by atoms with van der Waals surface area (Å²) in [6.07, 6.45) is 1.02. The van der Waals surface area contributed by atoms with Crippen LogP contribution < -0.4 is 0 Å². The van der Waals surface area contributed by atoms with Crippen molar-refractivity contribution in [1.82, 2.24) is 9.80 Å². The summed E-state index contributed by atoms with van der Waals surface area (Å²) in [6, 6.07) is 0. The van der Waals surface area contributed by atoms with Crippen LogP contribution in [0, 0.1) is 0 Å². The fourth-order valence-electron chi connectivity index (χ4n) is 1.26. The maximum absolute atomic E-state index is 11.3. The average molecular weight is 230 g/mol. The van der Waals surface area contributed by atoms with Gasteiger partial charge in [-0.05, 0) is 20.5 Å². The zero-order valence-electron chi connectivity index (χ0n) is 10.7. The van der Waals surface area contributed by atoms with Gasteiger partial charge in [0, 0.05) is 33.0 Å². The summed E-state index contributed by atoms with van der Waals surface area (Å²) in [5.41, 5.74) is 0. The normalized spacial score (nSPS) is 10.3. The number of carbonyl (C=O) groups excluding carboxylic acids is 2. The number of amides is 1. The van der Waals surface area contributed by atoms with Gasteiger partial charge in [0.25, 0.3) is 0 Å². The molecule has 0 heterocycles. The first-order valence-corrected chi connectivity index (χ1v) is 5.44. The fraction of sp³-hybridized carbons (Fsp3) is 0.818. The monoisotopic (exact) mass is 230 g/mol. The van der Waals surface area contributed by atoms with E-state index in [1.807, 2.05) is 19.0 Å². The van der Waals surface area contributed by atoms with Gasteiger partial charge in [0.15, 0.2) is 0 Å². The van der Waals surface area contributed by atoms with Crippen molar-refractivity contribution in [2.24, 2.45) is 0 Å². The van der Waals surface area contributed by atoms with Crippen molar-refractivity contribution in [1.29, 1.82) is 0 Å². The van der Waals surface area contributed by atoms with Gasteiger partial charge in [-0.1, -0.05) is 0 Å². The average Bonchev–Trinajstić information content (AvgIpc) is 2.21. The Kier molecular flexibility index (Phi) is 7.54. The van der Waals surface area contributed by atoms with E-state index in [9.17, 15) is 9.59 Å². The van der Waals surface area contributed by atoms with Gasteiger partial charge < -0.3 is 14.5 Å². The van der Waals surface area contributed by atoms with Gasteiger partial charge in [-0.3, -0.25) is 9.59 Å². The Bertz CT molecular complexity index is 229. The van der Waals surface area contributed by atoms with E-state index in [1.165, 1.54) is 7.11 Å². The number of hydrogen-bond acceptors (Lipinski definition) is 4. The SMILES string of the molecule is COC(=O)CCCN(CCN(C)C)C(C)=O. The molecule has 5 heteroatoms. The van der Waals surface area contributed by atoms with Gasteiger partial charge in [-0.2, -0.15) is 0 Å². The van der Waals surface area contributed by atoms with E-state index in [4.69, 9.17) is 0 Å². The van der Waals surface area contributed by atoms with Crippen LogP contribution in [0.2, 0.25) is 0 Å². The number of likely N-dealkylation sites (N-methyl/N-ethyl adjacent to an activating group) is 1. The zero-order chi connectivity index (χ0) is 12.6. The topological polar surface area (TPSA) is 49.9 Å². The summed E-state index contributed by atoms with van der Waals surface area (Å²) < 4.78 is 4.54. The molecule has 0 atom stereocenters. The highest BCUT2D eigenvalue weighted by atomic mass is 16.5. The molecule has 0 bridgehead atoms. The highest BCUT2D eigenvalue weighted by molar-refractivity contribution is 5.73. The van der Waals surface area contributed by atoms with Gasteiger partial charge >= 0.3 is 5.97 Å². The molecule has 0 N–H and O–H groups in total. The largest absolute Gasteiger partial charge is 0.469 e. The lowest BCUT2D eigenvalue weighted by atomic mass is 10.3. The van der Waals surface area contributed by atoms with Gasteiger partial charge in [-0.25, -0.2) is 0 Å². The number of rotatable bonds is 7. The molecule has 5 nitrogen and oxygen atoms in total. The molecule has 0 fully saturated rings. The lowest BCUT2D eigenvalue weighted by molar-refractivity contribution is -0.141. The smallest absolute Gasteiger partial charge is 0.305 e. The number of nitrogens with zero attached hydrogens (tertiary/aromatic N) is 2. The highest BCUT2D eigenvalue weighted by Crippen LogP contribution is 1.98. The standard InChI is InChI=1S/C11H22N2O3/c1-10(14)13(9-8-12(2)3)7-5-6-11(15)16-4/h5-9H2,1-4H3. The zero-order valence-corrected chi connectivity index (χ0v) is 10.7. The minimum atomic E-state index is -0.226. The molecule has 0 aliphatic carbocycles. The van der Waals surface area contributed by atoms with E-state index in [2.05, 4.69) is 4.74 Å². The van der Waals surface area contributed by atoms with Crippen LogP contribution in [-0.2, 0) is 14.3 Å². The summed E-state index contributed by atoms with van der Waals surface area (Å²) in [5, 5.41) is 0. The third-order valence-electron chi connectivity index (χ3n) is 2.30. The third-order valence-corrected chi connectivity index (χ3v) is 2.30. The number of carbonyl (C=O) groups is 2. The quantitative estimate of drug-likeness (QED) is 0.592. The summed E-state index contributed by atoms with van der Waals surface area (Å²) in [4.78, 5) is 26.0. The molecule has 0 aromatic heterocycles. The Hall–Kier alpha value is -1.10. The van der Waals surface area contributed by atoms with Crippen molar-refractivity contribution in [2.75, 3.05) is 40.8 Å². The predicted molar refractivity (Wildman–Crippen MR) is 62.1 cm³/mol. The van der Waals surface area contributed by atoms with E-state index in [0.717, 1.165) is 6.54 Å². The van der Waals surface area contributed by atoms with Crippen LogP contribution >= 0.6 is 0 Å². The first-order valence-electron chi connectivity index (χ1n) is 5.44. The summed E-state index contributed by atoms with van der Waals surface area (Å²) >= 11 is 0. The molecular formula is C11H22N2O3. The predicted octanol–water partition coefficient (Wildman–Crippen LogP) is 0.350. The van der Waals surface area contributed by atoms with Gasteiger partial charge in [0.05, 0.1) is 7.11 Å². The number of esters is 1. The molecule has 94 valence electrons.